The molecule has 0 aliphatic carbocycles. The van der Waals surface area contributed by atoms with E-state index in [2.05, 4.69) is 5.32 Å². The third-order valence-corrected chi connectivity index (χ3v) is 4.74. The number of nitrogens with zero attached hydrogens (tertiary/aromatic N) is 1. The molecule has 1 aliphatic rings. The van der Waals surface area contributed by atoms with Gasteiger partial charge in [0.05, 0.1) is 5.92 Å². The highest BCUT2D eigenvalue weighted by Gasteiger charge is 2.35. The maximum absolute atomic E-state index is 12.4. The van der Waals surface area contributed by atoms with E-state index in [1.54, 1.807) is 11.0 Å². The van der Waals surface area contributed by atoms with Crippen molar-refractivity contribution >= 4 is 29.1 Å². The minimum absolute atomic E-state index is 0.0198. The maximum Gasteiger partial charge on any atom is 0.227 e. The lowest BCUT2D eigenvalue weighted by Gasteiger charge is -2.19. The van der Waals surface area contributed by atoms with Crippen LogP contribution in [0, 0.1) is 12.8 Å². The molecule has 1 aliphatic heterocycles. The minimum Gasteiger partial charge on any atom is -0.355 e. The quantitative estimate of drug-likeness (QED) is 0.893. The van der Waals surface area contributed by atoms with E-state index in [1.807, 2.05) is 49.4 Å². The van der Waals surface area contributed by atoms with Crippen molar-refractivity contribution in [2.75, 3.05) is 18.0 Å². The van der Waals surface area contributed by atoms with Crippen LogP contribution in [0.3, 0.4) is 0 Å². The standard InChI is InChI=1S/C20H21ClN2O2/c1-14-11-17(21)7-8-18(14)23-13-16(12-19(23)24)20(25)22-10-9-15-5-3-2-4-6-15/h2-8,11,16H,9-10,12-13H2,1H3,(H,22,25). The smallest absolute Gasteiger partial charge is 0.227 e. The van der Waals surface area contributed by atoms with Crippen LogP contribution >= 0.6 is 11.6 Å². The summed E-state index contributed by atoms with van der Waals surface area (Å²) in [7, 11) is 0. The highest BCUT2D eigenvalue weighted by atomic mass is 35.5. The number of hydrogen-bond donors (Lipinski definition) is 1. The molecule has 0 radical (unpaired) electrons. The molecule has 3 rings (SSSR count). The number of anilines is 1. The van der Waals surface area contributed by atoms with Gasteiger partial charge in [-0.3, -0.25) is 9.59 Å². The van der Waals surface area contributed by atoms with Crippen LogP contribution in [0.25, 0.3) is 0 Å². The first kappa shape index (κ1) is 17.5. The fourth-order valence-electron chi connectivity index (χ4n) is 3.16. The Kier molecular flexibility index (Phi) is 5.39. The number of aryl methyl sites for hydroxylation is 1. The Morgan fingerprint density at radius 3 is 2.72 bits per heavy atom. The Hall–Kier alpha value is -2.33. The molecular weight excluding hydrogens is 336 g/mol. The molecule has 130 valence electrons. The molecule has 2 aromatic rings. The van der Waals surface area contributed by atoms with Gasteiger partial charge in [0.1, 0.15) is 0 Å². The molecular formula is C20H21ClN2O2. The van der Waals surface area contributed by atoms with Crippen molar-refractivity contribution in [3.05, 3.63) is 64.7 Å². The number of carbonyl (C=O) groups excluding carboxylic acids is 2. The molecule has 0 spiro atoms. The van der Waals surface area contributed by atoms with Crippen molar-refractivity contribution in [2.45, 2.75) is 19.8 Å². The number of rotatable bonds is 5. The number of halogens is 1. The largest absolute Gasteiger partial charge is 0.355 e. The fourth-order valence-corrected chi connectivity index (χ4v) is 3.38. The first-order valence-corrected chi connectivity index (χ1v) is 8.80. The number of amides is 2. The summed E-state index contributed by atoms with van der Waals surface area (Å²) < 4.78 is 0. The van der Waals surface area contributed by atoms with Gasteiger partial charge < -0.3 is 10.2 Å². The number of benzene rings is 2. The third-order valence-electron chi connectivity index (χ3n) is 4.50. The number of carbonyl (C=O) groups is 2. The van der Waals surface area contributed by atoms with Crippen LogP contribution in [0.5, 0.6) is 0 Å². The molecule has 5 heteroatoms. The van der Waals surface area contributed by atoms with Gasteiger partial charge in [0.2, 0.25) is 11.8 Å². The van der Waals surface area contributed by atoms with Crippen LogP contribution in [0.1, 0.15) is 17.5 Å². The zero-order valence-electron chi connectivity index (χ0n) is 14.2. The summed E-state index contributed by atoms with van der Waals surface area (Å²) >= 11 is 5.98. The van der Waals surface area contributed by atoms with E-state index in [1.165, 1.54) is 5.56 Å². The Balaban J connectivity index is 1.57. The second-order valence-corrected chi connectivity index (χ2v) is 6.80. The van der Waals surface area contributed by atoms with Crippen molar-refractivity contribution in [3.63, 3.8) is 0 Å². The molecule has 25 heavy (non-hydrogen) atoms. The first-order chi connectivity index (χ1) is 12.0. The van der Waals surface area contributed by atoms with Crippen molar-refractivity contribution < 1.29 is 9.59 Å². The second-order valence-electron chi connectivity index (χ2n) is 6.36. The Bertz CT molecular complexity index is 777. The Morgan fingerprint density at radius 2 is 2.00 bits per heavy atom. The van der Waals surface area contributed by atoms with E-state index in [4.69, 9.17) is 11.6 Å². The van der Waals surface area contributed by atoms with Crippen molar-refractivity contribution in [1.82, 2.24) is 5.32 Å². The van der Waals surface area contributed by atoms with Gasteiger partial charge >= 0.3 is 0 Å². The SMILES string of the molecule is Cc1cc(Cl)ccc1N1CC(C(=O)NCCc2ccccc2)CC1=O. The molecule has 0 aromatic heterocycles. The Labute approximate surface area is 152 Å². The van der Waals surface area contributed by atoms with Crippen molar-refractivity contribution in [1.29, 1.82) is 0 Å². The zero-order chi connectivity index (χ0) is 17.8. The van der Waals surface area contributed by atoms with Crippen LogP contribution in [-0.2, 0) is 16.0 Å². The minimum atomic E-state index is -0.307. The summed E-state index contributed by atoms with van der Waals surface area (Å²) in [5.41, 5.74) is 2.95. The molecule has 1 N–H and O–H groups in total. The maximum atomic E-state index is 12.4. The third kappa shape index (κ3) is 4.20. The molecule has 1 unspecified atom stereocenters. The molecule has 1 saturated heterocycles. The highest BCUT2D eigenvalue weighted by Crippen LogP contribution is 2.29. The summed E-state index contributed by atoms with van der Waals surface area (Å²) in [5, 5.41) is 3.59. The fraction of sp³-hybridized carbons (Fsp3) is 0.300. The summed E-state index contributed by atoms with van der Waals surface area (Å²) in [4.78, 5) is 26.4. The summed E-state index contributed by atoms with van der Waals surface area (Å²) in [6.07, 6.45) is 1.03. The van der Waals surface area contributed by atoms with E-state index in [0.29, 0.717) is 18.1 Å². The number of hydrogen-bond acceptors (Lipinski definition) is 2. The van der Waals surface area contributed by atoms with E-state index >= 15 is 0 Å². The van der Waals surface area contributed by atoms with Gasteiger partial charge in [0.25, 0.3) is 0 Å². The van der Waals surface area contributed by atoms with Crippen LogP contribution in [0.2, 0.25) is 5.02 Å². The Morgan fingerprint density at radius 1 is 1.24 bits per heavy atom. The lowest BCUT2D eigenvalue weighted by Crippen LogP contribution is -2.34. The zero-order valence-corrected chi connectivity index (χ0v) is 14.9. The predicted octanol–water partition coefficient (Wildman–Crippen LogP) is 3.36. The van der Waals surface area contributed by atoms with Gasteiger partial charge in [-0.05, 0) is 42.7 Å². The molecule has 4 nitrogen and oxygen atoms in total. The van der Waals surface area contributed by atoms with Gasteiger partial charge in [0, 0.05) is 30.2 Å². The van der Waals surface area contributed by atoms with E-state index in [9.17, 15) is 9.59 Å². The molecule has 0 bridgehead atoms. The molecule has 1 fully saturated rings. The topological polar surface area (TPSA) is 49.4 Å². The van der Waals surface area contributed by atoms with Crippen LogP contribution < -0.4 is 10.2 Å². The predicted molar refractivity (Wildman–Crippen MR) is 99.8 cm³/mol. The summed E-state index contributed by atoms with van der Waals surface area (Å²) in [6.45, 7) is 2.91. The van der Waals surface area contributed by atoms with Gasteiger partial charge in [-0.2, -0.15) is 0 Å². The molecule has 1 heterocycles. The lowest BCUT2D eigenvalue weighted by atomic mass is 10.1. The molecule has 2 aromatic carbocycles. The van der Waals surface area contributed by atoms with Gasteiger partial charge in [0.15, 0.2) is 0 Å². The van der Waals surface area contributed by atoms with Crippen LogP contribution in [0.15, 0.2) is 48.5 Å². The van der Waals surface area contributed by atoms with E-state index in [0.717, 1.165) is 17.7 Å². The van der Waals surface area contributed by atoms with Gasteiger partial charge in [-0.1, -0.05) is 41.9 Å². The average Bonchev–Trinajstić information content (AvgIpc) is 2.97. The molecule has 2 amide bonds. The van der Waals surface area contributed by atoms with Crippen molar-refractivity contribution in [3.8, 4) is 0 Å². The van der Waals surface area contributed by atoms with Crippen LogP contribution in [-0.4, -0.2) is 24.9 Å². The second kappa shape index (κ2) is 7.70. The van der Waals surface area contributed by atoms with Crippen molar-refractivity contribution in [2.24, 2.45) is 5.92 Å². The molecule has 0 saturated carbocycles. The van der Waals surface area contributed by atoms with Gasteiger partial charge in [-0.15, -0.1) is 0 Å². The monoisotopic (exact) mass is 356 g/mol. The lowest BCUT2D eigenvalue weighted by molar-refractivity contribution is -0.126. The summed E-state index contributed by atoms with van der Waals surface area (Å²) in [5.74, 6) is -0.384. The average molecular weight is 357 g/mol. The summed E-state index contributed by atoms with van der Waals surface area (Å²) in [6, 6.07) is 15.5. The number of nitrogens with one attached hydrogen (secondary N) is 1. The van der Waals surface area contributed by atoms with Crippen LogP contribution in [0.4, 0.5) is 5.69 Å². The highest BCUT2D eigenvalue weighted by molar-refractivity contribution is 6.30. The first-order valence-electron chi connectivity index (χ1n) is 8.43. The molecule has 1 atom stereocenters. The normalized spacial score (nSPS) is 17.0. The van der Waals surface area contributed by atoms with E-state index < -0.39 is 0 Å². The van der Waals surface area contributed by atoms with Gasteiger partial charge in [-0.25, -0.2) is 0 Å². The van der Waals surface area contributed by atoms with E-state index in [-0.39, 0.29) is 24.2 Å².